The van der Waals surface area contributed by atoms with Gasteiger partial charge in [0.2, 0.25) is 0 Å². The van der Waals surface area contributed by atoms with Gasteiger partial charge in [0.25, 0.3) is 5.91 Å². The number of carboxylic acid groups (broad SMARTS) is 1. The highest BCUT2D eigenvalue weighted by Gasteiger charge is 2.54. The van der Waals surface area contributed by atoms with E-state index in [2.05, 4.69) is 10.3 Å². The van der Waals surface area contributed by atoms with Crippen LogP contribution in [0.5, 0.6) is 0 Å². The summed E-state index contributed by atoms with van der Waals surface area (Å²) in [5.74, 6) is -1.31. The fraction of sp³-hybridized carbons (Fsp3) is 0.533. The Kier molecular flexibility index (Phi) is 3.20. The molecule has 0 aromatic carbocycles. The molecular weight excluding hydrogens is 256 g/mol. The van der Waals surface area contributed by atoms with E-state index in [0.717, 1.165) is 6.42 Å². The fourth-order valence-electron chi connectivity index (χ4n) is 3.29. The van der Waals surface area contributed by atoms with Crippen molar-refractivity contribution >= 4 is 11.9 Å². The van der Waals surface area contributed by atoms with Gasteiger partial charge in [-0.15, -0.1) is 0 Å². The van der Waals surface area contributed by atoms with E-state index < -0.39 is 5.97 Å². The minimum absolute atomic E-state index is 0.0965. The second kappa shape index (κ2) is 4.89. The molecule has 5 heteroatoms. The lowest BCUT2D eigenvalue weighted by Gasteiger charge is -2.22. The van der Waals surface area contributed by atoms with Crippen LogP contribution in [0, 0.1) is 5.41 Å². The lowest BCUT2D eigenvalue weighted by Crippen LogP contribution is -2.30. The van der Waals surface area contributed by atoms with E-state index in [1.165, 1.54) is 44.4 Å². The minimum atomic E-state index is -1.12. The number of pyridine rings is 1. The van der Waals surface area contributed by atoms with Gasteiger partial charge in [-0.05, 0) is 36.8 Å². The summed E-state index contributed by atoms with van der Waals surface area (Å²) in [4.78, 5) is 26.7. The third-order valence-electron chi connectivity index (χ3n) is 4.59. The van der Waals surface area contributed by atoms with Gasteiger partial charge in [0.1, 0.15) is 5.69 Å². The smallest absolute Gasteiger partial charge is 0.354 e. The van der Waals surface area contributed by atoms with Crippen molar-refractivity contribution < 1.29 is 14.7 Å². The van der Waals surface area contributed by atoms with Gasteiger partial charge in [0, 0.05) is 17.8 Å². The van der Waals surface area contributed by atoms with Crippen LogP contribution in [0.4, 0.5) is 0 Å². The standard InChI is InChI=1S/C15H18N2O3/c18-13(10-4-7-16-11(8-10)14(19)20)17-12-9-15(12)5-2-1-3-6-15/h4,7-8,12H,1-3,5-6,9H2,(H,17,18)(H,19,20). The van der Waals surface area contributed by atoms with Gasteiger partial charge < -0.3 is 10.4 Å². The van der Waals surface area contributed by atoms with Crippen molar-refractivity contribution in [2.24, 2.45) is 5.41 Å². The minimum Gasteiger partial charge on any atom is -0.477 e. The van der Waals surface area contributed by atoms with Crippen molar-refractivity contribution in [2.45, 2.75) is 44.6 Å². The number of aromatic nitrogens is 1. The van der Waals surface area contributed by atoms with Gasteiger partial charge in [0.15, 0.2) is 0 Å². The van der Waals surface area contributed by atoms with Crippen LogP contribution >= 0.6 is 0 Å². The SMILES string of the molecule is O=C(NC1CC12CCCCC2)c1ccnc(C(=O)O)c1. The van der Waals surface area contributed by atoms with Crippen LogP contribution in [-0.2, 0) is 0 Å². The highest BCUT2D eigenvalue weighted by molar-refractivity contribution is 5.97. The van der Waals surface area contributed by atoms with Gasteiger partial charge in [-0.1, -0.05) is 19.3 Å². The lowest BCUT2D eigenvalue weighted by molar-refractivity contribution is 0.0690. The Balaban J connectivity index is 1.65. The summed E-state index contributed by atoms with van der Waals surface area (Å²) in [7, 11) is 0. The Bertz CT molecular complexity index is 550. The Hall–Kier alpha value is -1.91. The Morgan fingerprint density at radius 2 is 2.05 bits per heavy atom. The number of hydrogen-bond donors (Lipinski definition) is 2. The Morgan fingerprint density at radius 1 is 1.30 bits per heavy atom. The highest BCUT2D eigenvalue weighted by Crippen LogP contribution is 2.56. The molecule has 2 fully saturated rings. The molecule has 5 nitrogen and oxygen atoms in total. The summed E-state index contributed by atoms with van der Waals surface area (Å²) in [6.07, 6.45) is 8.64. The van der Waals surface area contributed by atoms with Gasteiger partial charge in [-0.25, -0.2) is 9.78 Å². The van der Waals surface area contributed by atoms with E-state index in [-0.39, 0.29) is 17.6 Å². The molecule has 2 N–H and O–H groups in total. The molecule has 2 aliphatic carbocycles. The van der Waals surface area contributed by atoms with Crippen LogP contribution in [0.3, 0.4) is 0 Å². The zero-order valence-electron chi connectivity index (χ0n) is 11.3. The molecule has 0 saturated heterocycles. The average molecular weight is 274 g/mol. The quantitative estimate of drug-likeness (QED) is 0.885. The maximum atomic E-state index is 12.2. The molecule has 1 heterocycles. The van der Waals surface area contributed by atoms with E-state index in [1.54, 1.807) is 6.07 Å². The van der Waals surface area contributed by atoms with Crippen molar-refractivity contribution in [3.05, 3.63) is 29.6 Å². The van der Waals surface area contributed by atoms with Crippen LogP contribution in [-0.4, -0.2) is 28.0 Å². The molecule has 106 valence electrons. The first kappa shape index (κ1) is 13.1. The summed E-state index contributed by atoms with van der Waals surface area (Å²) < 4.78 is 0. The molecule has 1 aromatic rings. The zero-order chi connectivity index (χ0) is 14.2. The summed E-state index contributed by atoms with van der Waals surface area (Å²) in [5.41, 5.74) is 0.604. The van der Waals surface area contributed by atoms with Crippen LogP contribution in [0.15, 0.2) is 18.3 Å². The maximum Gasteiger partial charge on any atom is 0.354 e. The van der Waals surface area contributed by atoms with E-state index >= 15 is 0 Å². The van der Waals surface area contributed by atoms with Crippen LogP contribution in [0.25, 0.3) is 0 Å². The van der Waals surface area contributed by atoms with Gasteiger partial charge >= 0.3 is 5.97 Å². The zero-order valence-corrected chi connectivity index (χ0v) is 11.3. The molecule has 20 heavy (non-hydrogen) atoms. The topological polar surface area (TPSA) is 79.3 Å². The molecule has 1 atom stereocenters. The number of amides is 1. The third-order valence-corrected chi connectivity index (χ3v) is 4.59. The number of rotatable bonds is 3. The van der Waals surface area contributed by atoms with E-state index in [9.17, 15) is 9.59 Å². The van der Waals surface area contributed by atoms with Gasteiger partial charge in [0.05, 0.1) is 0 Å². The molecule has 0 bridgehead atoms. The number of aromatic carboxylic acids is 1. The lowest BCUT2D eigenvalue weighted by atomic mass is 9.86. The van der Waals surface area contributed by atoms with Crippen molar-refractivity contribution in [1.82, 2.24) is 10.3 Å². The number of carboxylic acids is 1. The first-order chi connectivity index (χ1) is 9.61. The molecule has 1 spiro atoms. The van der Waals surface area contributed by atoms with Crippen LogP contribution in [0.2, 0.25) is 0 Å². The molecule has 1 amide bonds. The van der Waals surface area contributed by atoms with Crippen LogP contribution in [0.1, 0.15) is 59.4 Å². The average Bonchev–Trinajstić information content (AvgIpc) is 3.11. The first-order valence-corrected chi connectivity index (χ1v) is 7.11. The van der Waals surface area contributed by atoms with Crippen molar-refractivity contribution in [2.75, 3.05) is 0 Å². The number of carbonyl (C=O) groups is 2. The monoisotopic (exact) mass is 274 g/mol. The third kappa shape index (κ3) is 2.40. The summed E-state index contributed by atoms with van der Waals surface area (Å²) in [5, 5.41) is 11.9. The molecular formula is C15H18N2O3. The van der Waals surface area contributed by atoms with Crippen molar-refractivity contribution in [1.29, 1.82) is 0 Å². The number of carbonyl (C=O) groups excluding carboxylic acids is 1. The van der Waals surface area contributed by atoms with Gasteiger partial charge in [-0.2, -0.15) is 0 Å². The van der Waals surface area contributed by atoms with E-state index in [4.69, 9.17) is 5.11 Å². The summed E-state index contributed by atoms with van der Waals surface area (Å²) >= 11 is 0. The molecule has 1 aromatic heterocycles. The van der Waals surface area contributed by atoms with E-state index in [1.807, 2.05) is 0 Å². The largest absolute Gasteiger partial charge is 0.477 e. The van der Waals surface area contributed by atoms with Crippen LogP contribution < -0.4 is 5.32 Å². The van der Waals surface area contributed by atoms with E-state index in [0.29, 0.717) is 11.0 Å². The molecule has 1 unspecified atom stereocenters. The van der Waals surface area contributed by atoms with Crippen molar-refractivity contribution in [3.63, 3.8) is 0 Å². The maximum absolute atomic E-state index is 12.2. The summed E-state index contributed by atoms with van der Waals surface area (Å²) in [6.45, 7) is 0. The Labute approximate surface area is 117 Å². The molecule has 0 aliphatic heterocycles. The second-order valence-electron chi connectivity index (χ2n) is 5.89. The molecule has 0 radical (unpaired) electrons. The molecule has 2 saturated carbocycles. The Morgan fingerprint density at radius 3 is 2.75 bits per heavy atom. The molecule has 3 rings (SSSR count). The number of nitrogens with zero attached hydrogens (tertiary/aromatic N) is 1. The number of nitrogens with one attached hydrogen (secondary N) is 1. The summed E-state index contributed by atoms with van der Waals surface area (Å²) in [6, 6.07) is 3.14. The predicted molar refractivity (Wildman–Crippen MR) is 72.6 cm³/mol. The van der Waals surface area contributed by atoms with Crippen molar-refractivity contribution in [3.8, 4) is 0 Å². The number of hydrogen-bond acceptors (Lipinski definition) is 3. The highest BCUT2D eigenvalue weighted by atomic mass is 16.4. The van der Waals surface area contributed by atoms with Gasteiger partial charge in [-0.3, -0.25) is 4.79 Å². The predicted octanol–water partition coefficient (Wildman–Crippen LogP) is 2.23. The first-order valence-electron chi connectivity index (χ1n) is 7.11. The fourth-order valence-corrected chi connectivity index (χ4v) is 3.29. The molecule has 2 aliphatic rings. The second-order valence-corrected chi connectivity index (χ2v) is 5.89. The normalized spacial score (nSPS) is 23.3.